The Hall–Kier alpha value is -3.72. The van der Waals surface area contributed by atoms with E-state index in [1.807, 2.05) is 13.0 Å². The van der Waals surface area contributed by atoms with E-state index in [1.165, 1.54) is 36.7 Å². The first-order valence-electron chi connectivity index (χ1n) is 8.89. The van der Waals surface area contributed by atoms with Crippen molar-refractivity contribution in [3.8, 4) is 11.5 Å². The fourth-order valence-corrected chi connectivity index (χ4v) is 3.39. The van der Waals surface area contributed by atoms with Crippen LogP contribution in [0.4, 0.5) is 5.82 Å². The molecule has 0 saturated carbocycles. The maximum absolute atomic E-state index is 12.7. The van der Waals surface area contributed by atoms with Gasteiger partial charge in [0.1, 0.15) is 17.1 Å². The van der Waals surface area contributed by atoms with Crippen molar-refractivity contribution in [1.29, 1.82) is 0 Å². The van der Waals surface area contributed by atoms with E-state index in [4.69, 9.17) is 9.15 Å². The second-order valence-electron chi connectivity index (χ2n) is 6.70. The molecule has 1 amide bonds. The second kappa shape index (κ2) is 7.60. The number of amides is 1. The summed E-state index contributed by atoms with van der Waals surface area (Å²) in [4.78, 5) is 21.1. The average Bonchev–Trinajstić information content (AvgIpc) is 3.18. The lowest BCUT2D eigenvalue weighted by Crippen LogP contribution is -2.13. The smallest absolute Gasteiger partial charge is 0.257 e. The van der Waals surface area contributed by atoms with Crippen LogP contribution in [0.25, 0.3) is 11.1 Å². The Bertz CT molecular complexity index is 1330. The zero-order chi connectivity index (χ0) is 21.3. The van der Waals surface area contributed by atoms with Crippen LogP contribution in [0.3, 0.4) is 0 Å². The van der Waals surface area contributed by atoms with E-state index in [-0.39, 0.29) is 16.6 Å². The van der Waals surface area contributed by atoms with Crippen molar-refractivity contribution >= 4 is 32.7 Å². The van der Waals surface area contributed by atoms with Crippen LogP contribution in [-0.4, -0.2) is 30.5 Å². The van der Waals surface area contributed by atoms with Gasteiger partial charge < -0.3 is 14.5 Å². The number of pyridine rings is 1. The second-order valence-corrected chi connectivity index (χ2v) is 8.71. The standard InChI is InChI=1S/C21H17N3O5S/c1-13-3-8-19(22-11-13)24-21(25)14-9-17-20(28-12-23-17)18(10-14)29-15-4-6-16(7-5-15)30(2,26)27/h3-12H,1-2H3,(H,22,24,25). The third-order valence-corrected chi connectivity index (χ3v) is 5.42. The van der Waals surface area contributed by atoms with Crippen LogP contribution in [0.2, 0.25) is 0 Å². The number of benzene rings is 2. The maximum atomic E-state index is 12.7. The van der Waals surface area contributed by atoms with E-state index in [0.29, 0.717) is 28.2 Å². The van der Waals surface area contributed by atoms with Crippen LogP contribution < -0.4 is 10.1 Å². The SMILES string of the molecule is Cc1ccc(NC(=O)c2cc(Oc3ccc(S(C)(=O)=O)cc3)c3ocnc3c2)nc1. The summed E-state index contributed by atoms with van der Waals surface area (Å²) in [6.07, 6.45) is 4.05. The summed E-state index contributed by atoms with van der Waals surface area (Å²) in [5.41, 5.74) is 2.10. The molecule has 0 atom stereocenters. The van der Waals surface area contributed by atoms with Gasteiger partial charge in [-0.3, -0.25) is 4.79 Å². The highest BCUT2D eigenvalue weighted by atomic mass is 32.2. The van der Waals surface area contributed by atoms with E-state index < -0.39 is 9.84 Å². The molecule has 152 valence electrons. The summed E-state index contributed by atoms with van der Waals surface area (Å²) in [5.74, 6) is 0.704. The summed E-state index contributed by atoms with van der Waals surface area (Å²) >= 11 is 0. The largest absolute Gasteiger partial charge is 0.453 e. The van der Waals surface area contributed by atoms with Gasteiger partial charge in [0.25, 0.3) is 5.91 Å². The van der Waals surface area contributed by atoms with Crippen molar-refractivity contribution < 1.29 is 22.4 Å². The Morgan fingerprint density at radius 1 is 1.07 bits per heavy atom. The van der Waals surface area contributed by atoms with Crippen LogP contribution in [0.1, 0.15) is 15.9 Å². The number of rotatable bonds is 5. The zero-order valence-corrected chi connectivity index (χ0v) is 16.9. The van der Waals surface area contributed by atoms with Gasteiger partial charge in [0, 0.05) is 18.0 Å². The number of fused-ring (bicyclic) bond motifs is 1. The van der Waals surface area contributed by atoms with Crippen molar-refractivity contribution in [3.05, 3.63) is 72.2 Å². The van der Waals surface area contributed by atoms with Gasteiger partial charge >= 0.3 is 0 Å². The molecule has 0 saturated heterocycles. The number of anilines is 1. The topological polar surface area (TPSA) is 111 Å². The highest BCUT2D eigenvalue weighted by molar-refractivity contribution is 7.90. The molecule has 0 bridgehead atoms. The molecule has 8 nitrogen and oxygen atoms in total. The Balaban J connectivity index is 1.64. The van der Waals surface area contributed by atoms with E-state index in [2.05, 4.69) is 15.3 Å². The quantitative estimate of drug-likeness (QED) is 0.517. The first-order valence-corrected chi connectivity index (χ1v) is 10.8. The molecule has 0 fully saturated rings. The molecule has 1 N–H and O–H groups in total. The average molecular weight is 423 g/mol. The van der Waals surface area contributed by atoms with E-state index in [9.17, 15) is 13.2 Å². The molecule has 4 aromatic rings. The number of aromatic nitrogens is 2. The van der Waals surface area contributed by atoms with Gasteiger partial charge in [-0.25, -0.2) is 18.4 Å². The van der Waals surface area contributed by atoms with Gasteiger partial charge in [-0.2, -0.15) is 0 Å². The Morgan fingerprint density at radius 3 is 2.50 bits per heavy atom. The molecule has 0 spiro atoms. The van der Waals surface area contributed by atoms with Gasteiger partial charge in [0.2, 0.25) is 0 Å². The van der Waals surface area contributed by atoms with E-state index >= 15 is 0 Å². The highest BCUT2D eigenvalue weighted by Gasteiger charge is 2.16. The first kappa shape index (κ1) is 19.6. The van der Waals surface area contributed by atoms with Gasteiger partial charge in [-0.15, -0.1) is 0 Å². The number of hydrogen-bond acceptors (Lipinski definition) is 7. The molecule has 0 aliphatic rings. The summed E-state index contributed by atoms with van der Waals surface area (Å²) < 4.78 is 34.5. The number of nitrogens with one attached hydrogen (secondary N) is 1. The number of carbonyl (C=O) groups is 1. The Labute approximate surface area is 172 Å². The van der Waals surface area contributed by atoms with Crippen LogP contribution in [-0.2, 0) is 9.84 Å². The fraction of sp³-hybridized carbons (Fsp3) is 0.0952. The van der Waals surface area contributed by atoms with Crippen molar-refractivity contribution in [3.63, 3.8) is 0 Å². The predicted octanol–water partition coefficient (Wildman–Crippen LogP) is 3.98. The molecule has 0 radical (unpaired) electrons. The van der Waals surface area contributed by atoms with Crippen molar-refractivity contribution in [2.24, 2.45) is 0 Å². The number of ether oxygens (including phenoxy) is 1. The van der Waals surface area contributed by atoms with Crippen LogP contribution in [0, 0.1) is 6.92 Å². The summed E-state index contributed by atoms with van der Waals surface area (Å²) in [5, 5.41) is 2.73. The molecule has 2 aromatic heterocycles. The number of carbonyl (C=O) groups excluding carboxylic acids is 1. The minimum Gasteiger partial charge on any atom is -0.453 e. The summed E-state index contributed by atoms with van der Waals surface area (Å²) in [6.45, 7) is 1.91. The molecule has 0 aliphatic heterocycles. The number of oxazole rings is 1. The van der Waals surface area contributed by atoms with E-state index in [0.717, 1.165) is 11.8 Å². The lowest BCUT2D eigenvalue weighted by molar-refractivity contribution is 0.102. The molecule has 4 rings (SSSR count). The molecule has 9 heteroatoms. The molecular weight excluding hydrogens is 406 g/mol. The Kier molecular flexibility index (Phi) is 4.96. The number of aryl methyl sites for hydroxylation is 1. The molecule has 2 aromatic carbocycles. The first-order chi connectivity index (χ1) is 14.3. The predicted molar refractivity (Wildman–Crippen MR) is 111 cm³/mol. The van der Waals surface area contributed by atoms with Gasteiger partial charge in [-0.05, 0) is 55.0 Å². The van der Waals surface area contributed by atoms with Crippen molar-refractivity contribution in [2.75, 3.05) is 11.6 Å². The number of hydrogen-bond donors (Lipinski definition) is 1. The van der Waals surface area contributed by atoms with Crippen molar-refractivity contribution in [2.45, 2.75) is 11.8 Å². The van der Waals surface area contributed by atoms with Crippen LogP contribution in [0.15, 0.2) is 70.4 Å². The molecule has 0 aliphatic carbocycles. The number of nitrogens with zero attached hydrogens (tertiary/aromatic N) is 2. The number of sulfone groups is 1. The van der Waals surface area contributed by atoms with Gasteiger partial charge in [0.05, 0.1) is 4.90 Å². The molecule has 2 heterocycles. The fourth-order valence-electron chi connectivity index (χ4n) is 2.76. The minimum absolute atomic E-state index is 0.179. The Morgan fingerprint density at radius 2 is 1.83 bits per heavy atom. The van der Waals surface area contributed by atoms with Gasteiger partial charge in [0.15, 0.2) is 27.6 Å². The highest BCUT2D eigenvalue weighted by Crippen LogP contribution is 2.32. The molecular formula is C21H17N3O5S. The third-order valence-electron chi connectivity index (χ3n) is 4.29. The lowest BCUT2D eigenvalue weighted by Gasteiger charge is -2.09. The van der Waals surface area contributed by atoms with Crippen LogP contribution >= 0.6 is 0 Å². The van der Waals surface area contributed by atoms with Crippen LogP contribution in [0.5, 0.6) is 11.5 Å². The third kappa shape index (κ3) is 4.15. The normalized spacial score (nSPS) is 11.4. The van der Waals surface area contributed by atoms with E-state index in [1.54, 1.807) is 18.3 Å². The molecule has 0 unspecified atom stereocenters. The maximum Gasteiger partial charge on any atom is 0.257 e. The lowest BCUT2D eigenvalue weighted by atomic mass is 10.1. The minimum atomic E-state index is -3.31. The van der Waals surface area contributed by atoms with Gasteiger partial charge in [-0.1, -0.05) is 6.07 Å². The van der Waals surface area contributed by atoms with Crippen molar-refractivity contribution in [1.82, 2.24) is 9.97 Å². The summed E-state index contributed by atoms with van der Waals surface area (Å²) in [7, 11) is -3.31. The molecule has 30 heavy (non-hydrogen) atoms. The zero-order valence-electron chi connectivity index (χ0n) is 16.1. The monoisotopic (exact) mass is 423 g/mol. The summed E-state index contributed by atoms with van der Waals surface area (Å²) in [6, 6.07) is 12.6.